The molecule has 29 heavy (non-hydrogen) atoms. The normalized spacial score (nSPS) is 10.4. The number of amides is 1. The van der Waals surface area contributed by atoms with Crippen LogP contribution in [0.5, 0.6) is 5.75 Å². The van der Waals surface area contributed by atoms with Crippen molar-refractivity contribution in [1.82, 2.24) is 14.9 Å². The van der Waals surface area contributed by atoms with E-state index in [1.54, 1.807) is 19.2 Å². The molecule has 0 atom stereocenters. The van der Waals surface area contributed by atoms with Crippen LogP contribution in [-0.4, -0.2) is 34.0 Å². The Morgan fingerprint density at radius 2 is 1.97 bits per heavy atom. The van der Waals surface area contributed by atoms with Gasteiger partial charge >= 0.3 is 0 Å². The third-order valence-electron chi connectivity index (χ3n) is 4.22. The standard InChI is InChI=1S/C20H18N4O5/c1-29-17-7-5-14(6-8-17)18-12-19(25)23(13-22-18)10-9-21-20(26)15-3-2-4-16(11-15)24(27)28/h2-8,11-13H,9-10H2,1H3,(H,21,26). The van der Waals surface area contributed by atoms with Crippen molar-refractivity contribution in [1.29, 1.82) is 0 Å². The smallest absolute Gasteiger partial charge is 0.270 e. The summed E-state index contributed by atoms with van der Waals surface area (Å²) in [6.07, 6.45) is 1.42. The molecule has 0 saturated heterocycles. The molecule has 0 fully saturated rings. The van der Waals surface area contributed by atoms with E-state index in [0.717, 1.165) is 5.56 Å². The van der Waals surface area contributed by atoms with E-state index in [2.05, 4.69) is 10.3 Å². The summed E-state index contributed by atoms with van der Waals surface area (Å²) in [6.45, 7) is 0.389. The monoisotopic (exact) mass is 394 g/mol. The summed E-state index contributed by atoms with van der Waals surface area (Å²) in [7, 11) is 1.58. The lowest BCUT2D eigenvalue weighted by molar-refractivity contribution is -0.384. The molecule has 3 rings (SSSR count). The molecule has 0 aliphatic heterocycles. The average Bonchev–Trinajstić information content (AvgIpc) is 2.75. The lowest BCUT2D eigenvalue weighted by atomic mass is 10.1. The number of carbonyl (C=O) groups excluding carboxylic acids is 1. The van der Waals surface area contributed by atoms with Gasteiger partial charge in [0.1, 0.15) is 5.75 Å². The first-order valence-electron chi connectivity index (χ1n) is 8.71. The minimum Gasteiger partial charge on any atom is -0.497 e. The molecule has 9 heteroatoms. The maximum absolute atomic E-state index is 12.3. The fraction of sp³-hybridized carbons (Fsp3) is 0.150. The van der Waals surface area contributed by atoms with E-state index in [9.17, 15) is 19.7 Å². The third-order valence-corrected chi connectivity index (χ3v) is 4.22. The predicted octanol–water partition coefficient (Wildman–Crippen LogP) is 2.26. The van der Waals surface area contributed by atoms with Crippen LogP contribution in [-0.2, 0) is 6.54 Å². The van der Waals surface area contributed by atoms with Crippen LogP contribution >= 0.6 is 0 Å². The van der Waals surface area contributed by atoms with Gasteiger partial charge in [-0.25, -0.2) is 4.98 Å². The first kappa shape index (κ1) is 19.7. The number of non-ortho nitro benzene ring substituents is 1. The Balaban J connectivity index is 1.62. The zero-order chi connectivity index (χ0) is 20.8. The molecule has 1 N–H and O–H groups in total. The van der Waals surface area contributed by atoms with Crippen molar-refractivity contribution in [2.45, 2.75) is 6.54 Å². The number of hydrogen-bond acceptors (Lipinski definition) is 6. The second kappa shape index (κ2) is 8.79. The number of nitro groups is 1. The maximum atomic E-state index is 12.3. The molecule has 0 bridgehead atoms. The quantitative estimate of drug-likeness (QED) is 0.485. The molecule has 0 saturated carbocycles. The first-order valence-corrected chi connectivity index (χ1v) is 8.71. The zero-order valence-corrected chi connectivity index (χ0v) is 15.6. The van der Waals surface area contributed by atoms with Crippen LogP contribution in [0.4, 0.5) is 5.69 Å². The molecule has 9 nitrogen and oxygen atoms in total. The number of nitrogens with zero attached hydrogens (tertiary/aromatic N) is 3. The Bertz CT molecular complexity index is 1090. The number of nitro benzene ring substituents is 1. The fourth-order valence-electron chi connectivity index (χ4n) is 2.67. The van der Waals surface area contributed by atoms with Gasteiger partial charge in [-0.05, 0) is 30.3 Å². The second-order valence-electron chi connectivity index (χ2n) is 6.10. The minimum absolute atomic E-state index is 0.160. The van der Waals surface area contributed by atoms with Crippen LogP contribution in [0.3, 0.4) is 0 Å². The van der Waals surface area contributed by atoms with E-state index >= 15 is 0 Å². The van der Waals surface area contributed by atoms with Gasteiger partial charge in [0.05, 0.1) is 24.1 Å². The van der Waals surface area contributed by atoms with Crippen molar-refractivity contribution in [3.8, 4) is 17.0 Å². The lowest BCUT2D eigenvalue weighted by Crippen LogP contribution is -2.30. The van der Waals surface area contributed by atoms with Crippen LogP contribution in [0.25, 0.3) is 11.3 Å². The SMILES string of the molecule is COc1ccc(-c2cc(=O)n(CCNC(=O)c3cccc([N+](=O)[O-])c3)cn2)cc1. The Hall–Kier alpha value is -4.01. The highest BCUT2D eigenvalue weighted by molar-refractivity contribution is 5.94. The molecular formula is C20H18N4O5. The van der Waals surface area contributed by atoms with Gasteiger partial charge in [0.25, 0.3) is 17.2 Å². The van der Waals surface area contributed by atoms with E-state index in [0.29, 0.717) is 11.4 Å². The van der Waals surface area contributed by atoms with Gasteiger partial charge < -0.3 is 10.1 Å². The minimum atomic E-state index is -0.563. The predicted molar refractivity (Wildman–Crippen MR) is 106 cm³/mol. The molecular weight excluding hydrogens is 376 g/mol. The molecule has 0 aliphatic rings. The van der Waals surface area contributed by atoms with Crippen molar-refractivity contribution < 1.29 is 14.5 Å². The highest BCUT2D eigenvalue weighted by atomic mass is 16.6. The molecule has 1 amide bonds. The van der Waals surface area contributed by atoms with Crippen molar-refractivity contribution in [3.05, 3.63) is 87.0 Å². The zero-order valence-electron chi connectivity index (χ0n) is 15.6. The Kier molecular flexibility index (Phi) is 5.98. The van der Waals surface area contributed by atoms with Gasteiger partial charge in [-0.2, -0.15) is 0 Å². The first-order chi connectivity index (χ1) is 14.0. The molecule has 0 aliphatic carbocycles. The van der Waals surface area contributed by atoms with E-state index in [4.69, 9.17) is 4.74 Å². The molecule has 1 aromatic heterocycles. The van der Waals surface area contributed by atoms with Crippen LogP contribution in [0.2, 0.25) is 0 Å². The summed E-state index contributed by atoms with van der Waals surface area (Å²) in [6, 6.07) is 14.1. The number of aromatic nitrogens is 2. The van der Waals surface area contributed by atoms with Crippen molar-refractivity contribution >= 4 is 11.6 Å². The number of ether oxygens (including phenoxy) is 1. The highest BCUT2D eigenvalue weighted by Crippen LogP contribution is 2.19. The highest BCUT2D eigenvalue weighted by Gasteiger charge is 2.11. The van der Waals surface area contributed by atoms with E-state index in [-0.39, 0.29) is 29.9 Å². The molecule has 0 spiro atoms. The van der Waals surface area contributed by atoms with Gasteiger partial charge in [-0.1, -0.05) is 6.07 Å². The lowest BCUT2D eigenvalue weighted by Gasteiger charge is -2.08. The number of nitrogens with one attached hydrogen (secondary N) is 1. The van der Waals surface area contributed by atoms with E-state index in [1.165, 1.54) is 41.2 Å². The van der Waals surface area contributed by atoms with Gasteiger partial charge in [0.15, 0.2) is 0 Å². The van der Waals surface area contributed by atoms with Gasteiger partial charge in [0, 0.05) is 42.4 Å². The topological polar surface area (TPSA) is 116 Å². The largest absolute Gasteiger partial charge is 0.497 e. The van der Waals surface area contributed by atoms with Gasteiger partial charge in [-0.15, -0.1) is 0 Å². The van der Waals surface area contributed by atoms with Crippen LogP contribution < -0.4 is 15.6 Å². The Labute approximate surface area is 165 Å². The molecule has 148 valence electrons. The summed E-state index contributed by atoms with van der Waals surface area (Å²) in [5.74, 6) is 0.256. The number of benzene rings is 2. The van der Waals surface area contributed by atoms with E-state index in [1.807, 2.05) is 12.1 Å². The van der Waals surface area contributed by atoms with Gasteiger partial charge in [0.2, 0.25) is 0 Å². The third kappa shape index (κ3) is 4.83. The maximum Gasteiger partial charge on any atom is 0.270 e. The number of hydrogen-bond donors (Lipinski definition) is 1. The number of methoxy groups -OCH3 is 1. The summed E-state index contributed by atoms with van der Waals surface area (Å²) < 4.78 is 6.48. The average molecular weight is 394 g/mol. The van der Waals surface area contributed by atoms with Crippen LogP contribution in [0.15, 0.2) is 65.7 Å². The number of carbonyl (C=O) groups is 1. The van der Waals surface area contributed by atoms with E-state index < -0.39 is 10.8 Å². The van der Waals surface area contributed by atoms with Gasteiger partial charge in [-0.3, -0.25) is 24.3 Å². The molecule has 3 aromatic rings. The van der Waals surface area contributed by atoms with Crippen LogP contribution in [0.1, 0.15) is 10.4 Å². The summed E-state index contributed by atoms with van der Waals surface area (Å²) in [5.41, 5.74) is 1.09. The molecule has 0 radical (unpaired) electrons. The molecule has 0 unspecified atom stereocenters. The summed E-state index contributed by atoms with van der Waals surface area (Å²) >= 11 is 0. The summed E-state index contributed by atoms with van der Waals surface area (Å²) in [4.78, 5) is 39.0. The van der Waals surface area contributed by atoms with Crippen molar-refractivity contribution in [2.75, 3.05) is 13.7 Å². The fourth-order valence-corrected chi connectivity index (χ4v) is 2.67. The van der Waals surface area contributed by atoms with Crippen LogP contribution in [0, 0.1) is 10.1 Å². The summed E-state index contributed by atoms with van der Waals surface area (Å²) in [5, 5.41) is 13.4. The molecule has 2 aromatic carbocycles. The van der Waals surface area contributed by atoms with Crippen molar-refractivity contribution in [2.24, 2.45) is 0 Å². The second-order valence-corrected chi connectivity index (χ2v) is 6.10. The Morgan fingerprint density at radius 3 is 2.62 bits per heavy atom. The number of rotatable bonds is 7. The Morgan fingerprint density at radius 1 is 1.21 bits per heavy atom. The van der Waals surface area contributed by atoms with Crippen molar-refractivity contribution in [3.63, 3.8) is 0 Å². The molecule has 1 heterocycles.